The van der Waals surface area contributed by atoms with Crippen LogP contribution in [0.1, 0.15) is 60.3 Å². The Bertz CT molecular complexity index is 704. The minimum absolute atomic E-state index is 0.0509. The molecule has 0 unspecified atom stereocenters. The molecule has 0 aromatic heterocycles. The van der Waals surface area contributed by atoms with Crippen LogP contribution in [-0.2, 0) is 19.2 Å². The van der Waals surface area contributed by atoms with Crippen molar-refractivity contribution in [3.05, 3.63) is 12.2 Å². The van der Waals surface area contributed by atoms with Crippen molar-refractivity contribution in [1.82, 2.24) is 15.1 Å². The molecule has 33 heavy (non-hydrogen) atoms. The van der Waals surface area contributed by atoms with E-state index in [0.717, 1.165) is 4.90 Å². The van der Waals surface area contributed by atoms with E-state index in [4.69, 9.17) is 5.73 Å². The van der Waals surface area contributed by atoms with Crippen LogP contribution in [0.2, 0.25) is 0 Å². The van der Waals surface area contributed by atoms with Crippen molar-refractivity contribution in [3.63, 3.8) is 0 Å². The van der Waals surface area contributed by atoms with E-state index >= 15 is 0 Å². The molecule has 0 spiro atoms. The number of carbonyl (C=O) groups excluding carboxylic acids is 4. The van der Waals surface area contributed by atoms with Gasteiger partial charge in [-0.25, -0.2) is 0 Å². The smallest absolute Gasteiger partial charge is 0.245 e. The molecular formula is C23H42N4O6. The van der Waals surface area contributed by atoms with E-state index in [2.05, 4.69) is 5.32 Å². The third-order valence-corrected chi connectivity index (χ3v) is 5.47. The van der Waals surface area contributed by atoms with Crippen LogP contribution in [-0.4, -0.2) is 88.1 Å². The van der Waals surface area contributed by atoms with Gasteiger partial charge in [-0.3, -0.25) is 19.2 Å². The molecule has 0 aliphatic heterocycles. The SMILES string of the molecule is C/C=C/C[C@@H](C)[C@@H](O)CC(=O)N[C@@H](CC)C(=O)N(C)CC(=O)N(C)[C@@H](CC(C)(C)O)C(N)=O. The van der Waals surface area contributed by atoms with Crippen LogP contribution in [0.5, 0.6) is 0 Å². The Morgan fingerprint density at radius 2 is 1.76 bits per heavy atom. The second kappa shape index (κ2) is 13.9. The Balaban J connectivity index is 5.03. The summed E-state index contributed by atoms with van der Waals surface area (Å²) in [7, 11) is 2.81. The lowest BCUT2D eigenvalue weighted by molar-refractivity contribution is -0.144. The van der Waals surface area contributed by atoms with E-state index in [0.29, 0.717) is 12.8 Å². The van der Waals surface area contributed by atoms with E-state index < -0.39 is 47.4 Å². The van der Waals surface area contributed by atoms with Gasteiger partial charge in [0.2, 0.25) is 23.6 Å². The van der Waals surface area contributed by atoms with Crippen LogP contribution in [0.3, 0.4) is 0 Å². The summed E-state index contributed by atoms with van der Waals surface area (Å²) in [6.07, 6.45) is 3.70. The highest BCUT2D eigenvalue weighted by molar-refractivity contribution is 5.92. The van der Waals surface area contributed by atoms with E-state index in [1.807, 2.05) is 26.0 Å². The summed E-state index contributed by atoms with van der Waals surface area (Å²) in [6.45, 7) is 8.12. The first kappa shape index (κ1) is 30.5. The van der Waals surface area contributed by atoms with Gasteiger partial charge in [0.1, 0.15) is 12.1 Å². The molecule has 0 heterocycles. The van der Waals surface area contributed by atoms with Crippen LogP contribution in [0.4, 0.5) is 0 Å². The second-order valence-electron chi connectivity index (χ2n) is 9.22. The molecule has 0 aliphatic rings. The molecular weight excluding hydrogens is 428 g/mol. The highest BCUT2D eigenvalue weighted by atomic mass is 16.3. The minimum atomic E-state index is -1.22. The molecule has 10 nitrogen and oxygen atoms in total. The standard InChI is InChI=1S/C23H42N4O6/c1-8-10-11-15(3)18(28)12-19(29)25-16(9-2)22(32)26(6)14-20(30)27(7)17(21(24)31)13-23(4,5)33/h8,10,15-18,28,33H,9,11-14H2,1-7H3,(H2,24,31)(H,25,29)/b10-8+/t15-,16+,17+,18+/m1/s1. The van der Waals surface area contributed by atoms with Crippen LogP contribution in [0.25, 0.3) is 0 Å². The molecule has 4 atom stereocenters. The number of primary amides is 1. The summed E-state index contributed by atoms with van der Waals surface area (Å²) in [5.41, 5.74) is 4.17. The van der Waals surface area contributed by atoms with Gasteiger partial charge >= 0.3 is 0 Å². The van der Waals surface area contributed by atoms with Gasteiger partial charge in [0, 0.05) is 20.5 Å². The minimum Gasteiger partial charge on any atom is -0.392 e. The van der Waals surface area contributed by atoms with Crippen molar-refractivity contribution in [1.29, 1.82) is 0 Å². The summed E-state index contributed by atoms with van der Waals surface area (Å²) in [4.78, 5) is 51.9. The Morgan fingerprint density at radius 1 is 1.18 bits per heavy atom. The maximum absolute atomic E-state index is 12.8. The number of allylic oxidation sites excluding steroid dienone is 2. The quantitative estimate of drug-likeness (QED) is 0.265. The van der Waals surface area contributed by atoms with E-state index in [1.54, 1.807) is 6.92 Å². The molecule has 0 aromatic rings. The maximum Gasteiger partial charge on any atom is 0.245 e. The van der Waals surface area contributed by atoms with Crippen molar-refractivity contribution in [2.75, 3.05) is 20.6 Å². The van der Waals surface area contributed by atoms with Gasteiger partial charge in [-0.15, -0.1) is 0 Å². The predicted octanol–water partition coefficient (Wildman–Crippen LogP) is 0.166. The zero-order chi connectivity index (χ0) is 25.9. The maximum atomic E-state index is 12.8. The second-order valence-corrected chi connectivity index (χ2v) is 9.22. The summed E-state index contributed by atoms with van der Waals surface area (Å²) >= 11 is 0. The number of nitrogens with zero attached hydrogens (tertiary/aromatic N) is 2. The van der Waals surface area contributed by atoms with Gasteiger partial charge in [-0.2, -0.15) is 0 Å². The molecule has 0 aromatic carbocycles. The highest BCUT2D eigenvalue weighted by Crippen LogP contribution is 2.15. The lowest BCUT2D eigenvalue weighted by Crippen LogP contribution is -2.53. The fourth-order valence-corrected chi connectivity index (χ4v) is 3.22. The van der Waals surface area contributed by atoms with Crippen molar-refractivity contribution in [2.45, 2.75) is 84.1 Å². The molecule has 5 N–H and O–H groups in total. The van der Waals surface area contributed by atoms with Crippen molar-refractivity contribution >= 4 is 23.6 Å². The lowest BCUT2D eigenvalue weighted by atomic mass is 9.97. The average Bonchev–Trinajstić information content (AvgIpc) is 2.71. The molecule has 0 radical (unpaired) electrons. The Kier molecular flexibility index (Phi) is 12.9. The van der Waals surface area contributed by atoms with Crippen molar-refractivity contribution in [2.24, 2.45) is 11.7 Å². The number of hydrogen-bond donors (Lipinski definition) is 4. The monoisotopic (exact) mass is 470 g/mol. The van der Waals surface area contributed by atoms with Crippen LogP contribution in [0, 0.1) is 5.92 Å². The van der Waals surface area contributed by atoms with E-state index in [9.17, 15) is 29.4 Å². The van der Waals surface area contributed by atoms with Gasteiger partial charge in [0.15, 0.2) is 0 Å². The molecule has 4 amide bonds. The molecule has 0 bridgehead atoms. The van der Waals surface area contributed by atoms with Crippen LogP contribution >= 0.6 is 0 Å². The molecule has 0 rings (SSSR count). The average molecular weight is 471 g/mol. The van der Waals surface area contributed by atoms with Crippen LogP contribution < -0.4 is 11.1 Å². The summed E-state index contributed by atoms with van der Waals surface area (Å²) in [6, 6.07) is -1.89. The van der Waals surface area contributed by atoms with Gasteiger partial charge in [0.05, 0.1) is 24.7 Å². The third kappa shape index (κ3) is 11.3. The molecule has 0 fully saturated rings. The molecule has 0 saturated heterocycles. The Labute approximate surface area is 197 Å². The lowest BCUT2D eigenvalue weighted by Gasteiger charge is -2.32. The summed E-state index contributed by atoms with van der Waals surface area (Å²) < 4.78 is 0. The number of amides is 4. The topological polar surface area (TPSA) is 153 Å². The molecule has 190 valence electrons. The number of aliphatic hydroxyl groups excluding tert-OH is 1. The summed E-state index contributed by atoms with van der Waals surface area (Å²) in [5, 5.41) is 22.8. The first-order valence-electron chi connectivity index (χ1n) is 11.2. The number of nitrogens with one attached hydrogen (secondary N) is 1. The number of aliphatic hydroxyl groups is 2. The third-order valence-electron chi connectivity index (χ3n) is 5.47. The van der Waals surface area contributed by atoms with Crippen molar-refractivity contribution < 1.29 is 29.4 Å². The highest BCUT2D eigenvalue weighted by Gasteiger charge is 2.32. The van der Waals surface area contributed by atoms with Crippen molar-refractivity contribution in [3.8, 4) is 0 Å². The largest absolute Gasteiger partial charge is 0.392 e. The van der Waals surface area contributed by atoms with Gasteiger partial charge < -0.3 is 31.1 Å². The predicted molar refractivity (Wildman–Crippen MR) is 126 cm³/mol. The fraction of sp³-hybridized carbons (Fsp3) is 0.739. The molecule has 0 saturated carbocycles. The molecule has 10 heteroatoms. The van der Waals surface area contributed by atoms with Gasteiger partial charge in [-0.1, -0.05) is 26.0 Å². The first-order chi connectivity index (χ1) is 15.1. The van der Waals surface area contributed by atoms with E-state index in [1.165, 1.54) is 32.8 Å². The Morgan fingerprint density at radius 3 is 2.21 bits per heavy atom. The zero-order valence-electron chi connectivity index (χ0n) is 21.0. The van der Waals surface area contributed by atoms with Crippen LogP contribution in [0.15, 0.2) is 12.2 Å². The number of nitrogens with two attached hydrogens (primary N) is 1. The number of hydrogen-bond acceptors (Lipinski definition) is 6. The number of rotatable bonds is 14. The van der Waals surface area contributed by atoms with E-state index in [-0.39, 0.29) is 25.3 Å². The number of carbonyl (C=O) groups is 4. The normalized spacial score (nSPS) is 15.4. The molecule has 0 aliphatic carbocycles. The van der Waals surface area contributed by atoms with Gasteiger partial charge in [0.25, 0.3) is 0 Å². The fourth-order valence-electron chi connectivity index (χ4n) is 3.22. The van der Waals surface area contributed by atoms with Gasteiger partial charge in [-0.05, 0) is 39.5 Å². The Hall–Kier alpha value is -2.46. The first-order valence-corrected chi connectivity index (χ1v) is 11.2. The summed E-state index contributed by atoms with van der Waals surface area (Å²) in [5.74, 6) is -2.33. The zero-order valence-corrected chi connectivity index (χ0v) is 21.0. The number of likely N-dealkylation sites (N-methyl/N-ethyl adjacent to an activating group) is 2.